The van der Waals surface area contributed by atoms with Gasteiger partial charge in [0.1, 0.15) is 0 Å². The first-order valence-electron chi connectivity index (χ1n) is 5.17. The van der Waals surface area contributed by atoms with E-state index in [2.05, 4.69) is 10.3 Å². The minimum atomic E-state index is -1.11. The number of amides is 1. The van der Waals surface area contributed by atoms with Gasteiger partial charge < -0.3 is 15.5 Å². The van der Waals surface area contributed by atoms with Crippen molar-refractivity contribution >= 4 is 11.9 Å². The Kier molecular flexibility index (Phi) is 3.75. The number of carbonyl (C=O) groups is 2. The molecule has 0 unspecified atom stereocenters. The van der Waals surface area contributed by atoms with Gasteiger partial charge in [0.15, 0.2) is 5.88 Å². The molecule has 1 heterocycles. The molecule has 7 heteroatoms. The molecule has 18 heavy (non-hydrogen) atoms. The third kappa shape index (κ3) is 3.34. The van der Waals surface area contributed by atoms with Gasteiger partial charge in [0, 0.05) is 18.7 Å². The first-order valence-corrected chi connectivity index (χ1v) is 5.17. The highest BCUT2D eigenvalue weighted by Gasteiger charge is 2.27. The van der Waals surface area contributed by atoms with E-state index in [4.69, 9.17) is 10.2 Å². The largest absolute Gasteiger partial charge is 0.494 e. The molecule has 0 aliphatic heterocycles. The zero-order valence-electron chi connectivity index (χ0n) is 9.98. The Morgan fingerprint density at radius 1 is 1.39 bits per heavy atom. The summed E-state index contributed by atoms with van der Waals surface area (Å²) in [6.07, 6.45) is 0. The number of H-pyrrole nitrogens is 1. The Balaban J connectivity index is 2.78. The fraction of sp³-hybridized carbons (Fsp3) is 0.364. The van der Waals surface area contributed by atoms with Crippen molar-refractivity contribution in [2.24, 2.45) is 5.41 Å². The third-order valence-corrected chi connectivity index (χ3v) is 2.36. The molecule has 1 aromatic heterocycles. The van der Waals surface area contributed by atoms with E-state index in [0.717, 1.165) is 12.1 Å². The Morgan fingerprint density at radius 3 is 2.50 bits per heavy atom. The van der Waals surface area contributed by atoms with Crippen LogP contribution in [0, 0.1) is 5.41 Å². The van der Waals surface area contributed by atoms with E-state index < -0.39 is 28.7 Å². The number of rotatable bonds is 4. The van der Waals surface area contributed by atoms with Gasteiger partial charge in [-0.25, -0.2) is 0 Å². The maximum absolute atomic E-state index is 11.7. The second-order valence-electron chi connectivity index (χ2n) is 4.49. The molecular formula is C11H14N2O5. The van der Waals surface area contributed by atoms with E-state index in [-0.39, 0.29) is 12.1 Å². The normalized spacial score (nSPS) is 11.0. The van der Waals surface area contributed by atoms with Crippen LogP contribution in [0.1, 0.15) is 24.2 Å². The van der Waals surface area contributed by atoms with Crippen LogP contribution in [0.5, 0.6) is 5.88 Å². The second-order valence-corrected chi connectivity index (χ2v) is 4.49. The van der Waals surface area contributed by atoms with Crippen molar-refractivity contribution in [1.29, 1.82) is 0 Å². The fourth-order valence-corrected chi connectivity index (χ4v) is 1.14. The lowest BCUT2D eigenvalue weighted by Gasteiger charge is -2.19. The van der Waals surface area contributed by atoms with Gasteiger partial charge in [-0.1, -0.05) is 0 Å². The number of carboxylic acid groups (broad SMARTS) is 1. The quantitative estimate of drug-likeness (QED) is 0.599. The molecule has 98 valence electrons. The number of hydrogen-bond donors (Lipinski definition) is 4. The molecule has 0 aliphatic carbocycles. The van der Waals surface area contributed by atoms with Crippen molar-refractivity contribution in [3.63, 3.8) is 0 Å². The van der Waals surface area contributed by atoms with Gasteiger partial charge in [-0.2, -0.15) is 0 Å². The van der Waals surface area contributed by atoms with Crippen LogP contribution in [0.3, 0.4) is 0 Å². The summed E-state index contributed by atoms with van der Waals surface area (Å²) in [4.78, 5) is 35.6. The van der Waals surface area contributed by atoms with Crippen molar-refractivity contribution in [2.75, 3.05) is 6.54 Å². The minimum Gasteiger partial charge on any atom is -0.494 e. The molecule has 0 fully saturated rings. The van der Waals surface area contributed by atoms with Crippen molar-refractivity contribution in [2.45, 2.75) is 13.8 Å². The van der Waals surface area contributed by atoms with Crippen molar-refractivity contribution in [3.05, 3.63) is 28.0 Å². The number of aliphatic carboxylic acids is 1. The molecule has 4 N–H and O–H groups in total. The highest BCUT2D eigenvalue weighted by atomic mass is 16.4. The predicted octanol–water partition coefficient (Wildman–Crippen LogP) is -0.0789. The van der Waals surface area contributed by atoms with Gasteiger partial charge in [0.05, 0.1) is 11.0 Å². The minimum absolute atomic E-state index is 0.0301. The Bertz CT molecular complexity index is 532. The van der Waals surface area contributed by atoms with Crippen LogP contribution >= 0.6 is 0 Å². The van der Waals surface area contributed by atoms with Gasteiger partial charge in [0.25, 0.3) is 11.5 Å². The molecule has 1 rings (SSSR count). The fourth-order valence-electron chi connectivity index (χ4n) is 1.14. The predicted molar refractivity (Wildman–Crippen MR) is 62.5 cm³/mol. The first kappa shape index (κ1) is 13.8. The van der Waals surface area contributed by atoms with E-state index in [1.165, 1.54) is 13.8 Å². The van der Waals surface area contributed by atoms with Crippen LogP contribution in [-0.4, -0.2) is 33.6 Å². The maximum atomic E-state index is 11.7. The number of aromatic hydroxyl groups is 1. The van der Waals surface area contributed by atoms with Crippen molar-refractivity contribution < 1.29 is 19.8 Å². The number of aromatic nitrogens is 1. The summed E-state index contributed by atoms with van der Waals surface area (Å²) in [6, 6.07) is 2.10. The van der Waals surface area contributed by atoms with Gasteiger partial charge >= 0.3 is 5.97 Å². The molecule has 0 radical (unpaired) electrons. The SMILES string of the molecule is CC(C)(CNC(=O)c1cc(O)[nH]c(=O)c1)C(=O)O. The van der Waals surface area contributed by atoms with E-state index in [1.807, 2.05) is 0 Å². The van der Waals surface area contributed by atoms with Crippen molar-refractivity contribution in [1.82, 2.24) is 10.3 Å². The lowest BCUT2D eigenvalue weighted by molar-refractivity contribution is -0.146. The summed E-state index contributed by atoms with van der Waals surface area (Å²) < 4.78 is 0. The summed E-state index contributed by atoms with van der Waals surface area (Å²) in [5, 5.41) is 20.4. The molecule has 0 saturated carbocycles. The van der Waals surface area contributed by atoms with E-state index >= 15 is 0 Å². The second kappa shape index (κ2) is 4.91. The monoisotopic (exact) mass is 254 g/mol. The molecule has 0 aliphatic rings. The zero-order valence-corrected chi connectivity index (χ0v) is 9.98. The molecule has 1 amide bonds. The van der Waals surface area contributed by atoms with Crippen LogP contribution in [-0.2, 0) is 4.79 Å². The molecule has 0 aromatic carbocycles. The lowest BCUT2D eigenvalue weighted by Crippen LogP contribution is -2.39. The number of nitrogens with one attached hydrogen (secondary N) is 2. The van der Waals surface area contributed by atoms with Crippen LogP contribution in [0.25, 0.3) is 0 Å². The summed E-state index contributed by atoms with van der Waals surface area (Å²) in [5.74, 6) is -2.09. The summed E-state index contributed by atoms with van der Waals surface area (Å²) >= 11 is 0. The lowest BCUT2D eigenvalue weighted by atomic mass is 9.94. The van der Waals surface area contributed by atoms with Gasteiger partial charge in [-0.05, 0) is 13.8 Å². The molecule has 1 aromatic rings. The highest BCUT2D eigenvalue weighted by Crippen LogP contribution is 2.13. The van der Waals surface area contributed by atoms with Gasteiger partial charge in [-0.3, -0.25) is 19.4 Å². The number of carboxylic acids is 1. The summed E-state index contributed by atoms with van der Waals surface area (Å²) in [5.41, 5.74) is -1.76. The standard InChI is InChI=1S/C11H14N2O5/c1-11(2,10(17)18)5-12-9(16)6-3-7(14)13-8(15)4-6/h3-4H,5H2,1-2H3,(H,12,16)(H,17,18)(H2,13,14,15). The highest BCUT2D eigenvalue weighted by molar-refractivity contribution is 5.94. The molecule has 7 nitrogen and oxygen atoms in total. The average molecular weight is 254 g/mol. The van der Waals surface area contributed by atoms with Crippen molar-refractivity contribution in [3.8, 4) is 5.88 Å². The third-order valence-electron chi connectivity index (χ3n) is 2.36. The number of aromatic amines is 1. The van der Waals surface area contributed by atoms with Gasteiger partial charge in [-0.15, -0.1) is 0 Å². The Labute approximate surface area is 102 Å². The zero-order chi connectivity index (χ0) is 13.9. The summed E-state index contributed by atoms with van der Waals surface area (Å²) in [7, 11) is 0. The average Bonchev–Trinajstić information content (AvgIpc) is 2.24. The molecule has 0 saturated heterocycles. The molecule has 0 spiro atoms. The van der Waals surface area contributed by atoms with Crippen LogP contribution in [0.4, 0.5) is 0 Å². The Hall–Kier alpha value is -2.31. The van der Waals surface area contributed by atoms with Crippen LogP contribution < -0.4 is 10.9 Å². The number of hydrogen-bond acceptors (Lipinski definition) is 4. The molecular weight excluding hydrogens is 240 g/mol. The van der Waals surface area contributed by atoms with E-state index in [1.54, 1.807) is 0 Å². The summed E-state index contributed by atoms with van der Waals surface area (Å²) in [6.45, 7) is 2.84. The smallest absolute Gasteiger partial charge is 0.310 e. The molecule has 0 bridgehead atoms. The Morgan fingerprint density at radius 2 is 2.00 bits per heavy atom. The molecule has 0 atom stereocenters. The van der Waals surface area contributed by atoms with Gasteiger partial charge in [0.2, 0.25) is 0 Å². The maximum Gasteiger partial charge on any atom is 0.310 e. The van der Waals surface area contributed by atoms with Crippen LogP contribution in [0.15, 0.2) is 16.9 Å². The van der Waals surface area contributed by atoms with Crippen LogP contribution in [0.2, 0.25) is 0 Å². The number of pyridine rings is 1. The topological polar surface area (TPSA) is 119 Å². The first-order chi connectivity index (χ1) is 8.22. The van der Waals surface area contributed by atoms with E-state index in [0.29, 0.717) is 0 Å². The van der Waals surface area contributed by atoms with E-state index in [9.17, 15) is 14.4 Å². The number of carbonyl (C=O) groups excluding carboxylic acids is 1.